The van der Waals surface area contributed by atoms with Crippen molar-refractivity contribution in [3.05, 3.63) is 46.8 Å². The molecule has 2 aromatic rings. The van der Waals surface area contributed by atoms with Gasteiger partial charge in [0.1, 0.15) is 0 Å². The Hall–Kier alpha value is -2.30. The molecule has 0 aliphatic carbocycles. The summed E-state index contributed by atoms with van der Waals surface area (Å²) in [5.41, 5.74) is 6.05. The highest BCUT2D eigenvalue weighted by Gasteiger charge is 2.23. The van der Waals surface area contributed by atoms with Crippen LogP contribution < -0.4 is 10.2 Å². The molecule has 0 radical (unpaired) electrons. The van der Waals surface area contributed by atoms with Gasteiger partial charge >= 0.3 is 0 Å². The van der Waals surface area contributed by atoms with Gasteiger partial charge in [-0.2, -0.15) is 5.10 Å². The fourth-order valence-corrected chi connectivity index (χ4v) is 3.69. The van der Waals surface area contributed by atoms with Crippen LogP contribution in [0.25, 0.3) is 0 Å². The Kier molecular flexibility index (Phi) is 5.64. The number of hydrogen-bond donors (Lipinski definition) is 1. The molecule has 3 rings (SSSR count). The van der Waals surface area contributed by atoms with Crippen molar-refractivity contribution in [3.63, 3.8) is 0 Å². The summed E-state index contributed by atoms with van der Waals surface area (Å²) in [5.74, 6) is 0.638. The first-order valence-corrected chi connectivity index (χ1v) is 9.53. The largest absolute Gasteiger partial charge is 0.371 e. The Bertz CT molecular complexity index is 780. The summed E-state index contributed by atoms with van der Waals surface area (Å²) in [5, 5.41) is 7.62. The van der Waals surface area contributed by atoms with Crippen LogP contribution in [-0.4, -0.2) is 35.3 Å². The molecule has 1 aromatic carbocycles. The zero-order valence-electron chi connectivity index (χ0n) is 16.4. The predicted molar refractivity (Wildman–Crippen MR) is 106 cm³/mol. The molecule has 0 spiro atoms. The van der Waals surface area contributed by atoms with E-state index in [4.69, 9.17) is 0 Å². The van der Waals surface area contributed by atoms with Crippen LogP contribution in [0.1, 0.15) is 35.4 Å². The molecule has 0 saturated carbocycles. The van der Waals surface area contributed by atoms with Crippen molar-refractivity contribution >= 4 is 11.6 Å². The minimum absolute atomic E-state index is 0.115. The van der Waals surface area contributed by atoms with Gasteiger partial charge in [0.15, 0.2) is 0 Å². The van der Waals surface area contributed by atoms with Crippen molar-refractivity contribution in [2.24, 2.45) is 5.92 Å². The first kappa shape index (κ1) is 18.5. The van der Waals surface area contributed by atoms with E-state index in [9.17, 15) is 4.79 Å². The monoisotopic (exact) mass is 354 g/mol. The molecule has 0 bridgehead atoms. The number of carbonyl (C=O) groups is 1. The van der Waals surface area contributed by atoms with Gasteiger partial charge in [0.05, 0.1) is 5.69 Å². The van der Waals surface area contributed by atoms with Crippen LogP contribution in [-0.2, 0) is 11.3 Å². The van der Waals surface area contributed by atoms with E-state index < -0.39 is 0 Å². The molecule has 5 nitrogen and oxygen atoms in total. The first-order valence-electron chi connectivity index (χ1n) is 9.53. The average Bonchev–Trinajstić information content (AvgIpc) is 3.19. The molecule has 1 N–H and O–H groups in total. The number of aromatic nitrogens is 2. The highest BCUT2D eigenvalue weighted by molar-refractivity contribution is 5.75. The van der Waals surface area contributed by atoms with Gasteiger partial charge in [-0.25, -0.2) is 0 Å². The number of rotatable bonds is 6. The fraction of sp³-hybridized carbons (Fsp3) is 0.524. The van der Waals surface area contributed by atoms with Crippen LogP contribution in [0.3, 0.4) is 0 Å². The number of anilines is 1. The molecule has 26 heavy (non-hydrogen) atoms. The van der Waals surface area contributed by atoms with Gasteiger partial charge in [-0.3, -0.25) is 9.48 Å². The molecule has 1 atom stereocenters. The highest BCUT2D eigenvalue weighted by Crippen LogP contribution is 2.26. The van der Waals surface area contributed by atoms with Crippen LogP contribution in [0.4, 0.5) is 5.69 Å². The van der Waals surface area contributed by atoms with E-state index in [-0.39, 0.29) is 5.91 Å². The van der Waals surface area contributed by atoms with Crippen molar-refractivity contribution in [1.82, 2.24) is 15.1 Å². The number of benzene rings is 1. The second-order valence-electron chi connectivity index (χ2n) is 7.46. The number of nitrogens with zero attached hydrogens (tertiary/aromatic N) is 3. The number of hydrogen-bond acceptors (Lipinski definition) is 3. The van der Waals surface area contributed by atoms with Crippen LogP contribution in [0.15, 0.2) is 24.3 Å². The fourth-order valence-electron chi connectivity index (χ4n) is 3.69. The van der Waals surface area contributed by atoms with Crippen LogP contribution in [0, 0.1) is 33.6 Å². The zero-order valence-corrected chi connectivity index (χ0v) is 16.4. The summed E-state index contributed by atoms with van der Waals surface area (Å²) >= 11 is 0. The Balaban J connectivity index is 1.44. The summed E-state index contributed by atoms with van der Waals surface area (Å²) in [6, 6.07) is 8.52. The molecule has 1 unspecified atom stereocenters. The molecular weight excluding hydrogens is 324 g/mol. The van der Waals surface area contributed by atoms with Crippen LogP contribution >= 0.6 is 0 Å². The lowest BCUT2D eigenvalue weighted by atomic mass is 10.1. The Morgan fingerprint density at radius 2 is 2.00 bits per heavy atom. The van der Waals surface area contributed by atoms with Crippen LogP contribution in [0.2, 0.25) is 0 Å². The molecule has 1 aliphatic rings. The third-order valence-corrected chi connectivity index (χ3v) is 5.62. The standard InChI is InChI=1S/C21H30N4O/c1-15-7-5-6-8-20(15)24-11-9-19(14-24)13-22-21(26)10-12-25-18(4)16(2)17(3)23-25/h5-8,19H,9-14H2,1-4H3,(H,22,26). The molecule has 1 aromatic heterocycles. The van der Waals surface area contributed by atoms with Crippen LogP contribution in [0.5, 0.6) is 0 Å². The normalized spacial score (nSPS) is 16.9. The summed E-state index contributed by atoms with van der Waals surface area (Å²) in [4.78, 5) is 14.7. The first-order chi connectivity index (χ1) is 12.5. The van der Waals surface area contributed by atoms with Crippen molar-refractivity contribution < 1.29 is 4.79 Å². The summed E-state index contributed by atoms with van der Waals surface area (Å²) in [7, 11) is 0. The van der Waals surface area contributed by atoms with E-state index in [1.54, 1.807) is 0 Å². The third kappa shape index (κ3) is 4.09. The van der Waals surface area contributed by atoms with E-state index in [1.807, 2.05) is 11.6 Å². The van der Waals surface area contributed by atoms with Gasteiger partial charge in [-0.1, -0.05) is 18.2 Å². The summed E-state index contributed by atoms with van der Waals surface area (Å²) in [6.07, 6.45) is 1.61. The quantitative estimate of drug-likeness (QED) is 0.867. The molecular formula is C21H30N4O. The molecule has 140 valence electrons. The Morgan fingerprint density at radius 1 is 1.23 bits per heavy atom. The maximum absolute atomic E-state index is 12.2. The lowest BCUT2D eigenvalue weighted by Gasteiger charge is -2.21. The number of nitrogens with one attached hydrogen (secondary N) is 1. The number of carbonyl (C=O) groups excluding carboxylic acids is 1. The predicted octanol–water partition coefficient (Wildman–Crippen LogP) is 3.15. The van der Waals surface area contributed by atoms with Crippen molar-refractivity contribution in [2.75, 3.05) is 24.5 Å². The highest BCUT2D eigenvalue weighted by atomic mass is 16.1. The van der Waals surface area contributed by atoms with Gasteiger partial charge in [0.25, 0.3) is 0 Å². The molecule has 1 fully saturated rings. The second kappa shape index (κ2) is 7.94. The second-order valence-corrected chi connectivity index (χ2v) is 7.46. The Morgan fingerprint density at radius 3 is 2.69 bits per heavy atom. The van der Waals surface area contributed by atoms with E-state index in [1.165, 1.54) is 16.8 Å². The van der Waals surface area contributed by atoms with Crippen molar-refractivity contribution in [3.8, 4) is 0 Å². The molecule has 1 aliphatic heterocycles. The minimum atomic E-state index is 0.115. The maximum atomic E-state index is 12.2. The lowest BCUT2D eigenvalue weighted by molar-refractivity contribution is -0.121. The number of aryl methyl sites for hydroxylation is 3. The van der Waals surface area contributed by atoms with E-state index >= 15 is 0 Å². The average molecular weight is 354 g/mol. The maximum Gasteiger partial charge on any atom is 0.221 e. The molecule has 1 amide bonds. The van der Waals surface area contributed by atoms with E-state index in [0.717, 1.165) is 37.4 Å². The molecule has 5 heteroatoms. The number of para-hydroxylation sites is 1. The Labute approximate surface area is 156 Å². The van der Waals surface area contributed by atoms with E-state index in [0.29, 0.717) is 18.9 Å². The van der Waals surface area contributed by atoms with Gasteiger partial charge in [0.2, 0.25) is 5.91 Å². The van der Waals surface area contributed by atoms with Gasteiger partial charge < -0.3 is 10.2 Å². The summed E-state index contributed by atoms with van der Waals surface area (Å²) in [6.45, 7) is 11.8. The SMILES string of the molecule is Cc1ccccc1N1CCC(CNC(=O)CCn2nc(C)c(C)c2C)C1. The minimum Gasteiger partial charge on any atom is -0.371 e. The number of amides is 1. The lowest BCUT2D eigenvalue weighted by Crippen LogP contribution is -2.31. The zero-order chi connectivity index (χ0) is 18.7. The molecule has 2 heterocycles. The molecule has 1 saturated heterocycles. The van der Waals surface area contributed by atoms with Gasteiger partial charge in [-0.05, 0) is 57.2 Å². The topological polar surface area (TPSA) is 50.2 Å². The van der Waals surface area contributed by atoms with Gasteiger partial charge in [-0.15, -0.1) is 0 Å². The summed E-state index contributed by atoms with van der Waals surface area (Å²) < 4.78 is 1.94. The van der Waals surface area contributed by atoms with Crippen molar-refractivity contribution in [1.29, 1.82) is 0 Å². The van der Waals surface area contributed by atoms with Gasteiger partial charge in [0, 0.05) is 44.0 Å². The van der Waals surface area contributed by atoms with Crippen molar-refractivity contribution in [2.45, 2.75) is 47.1 Å². The van der Waals surface area contributed by atoms with E-state index in [2.05, 4.69) is 60.4 Å². The smallest absolute Gasteiger partial charge is 0.221 e. The third-order valence-electron chi connectivity index (χ3n) is 5.62.